The predicted molar refractivity (Wildman–Crippen MR) is 95.9 cm³/mol. The van der Waals surface area contributed by atoms with Gasteiger partial charge in [-0.15, -0.1) is 10.2 Å². The van der Waals surface area contributed by atoms with Gasteiger partial charge in [-0.25, -0.2) is 0 Å². The second kappa shape index (κ2) is 8.56. The molecule has 6 nitrogen and oxygen atoms in total. The molecule has 1 N–H and O–H groups in total. The van der Waals surface area contributed by atoms with E-state index in [1.54, 1.807) is 0 Å². The van der Waals surface area contributed by atoms with E-state index in [0.29, 0.717) is 30.8 Å². The number of nitrogens with zero attached hydrogens (tertiary/aromatic N) is 4. The minimum absolute atomic E-state index is 0.402. The molecule has 136 valence electrons. The Labute approximate surface area is 149 Å². The summed E-state index contributed by atoms with van der Waals surface area (Å²) in [5.41, 5.74) is 0.999. The van der Waals surface area contributed by atoms with Gasteiger partial charge in [-0.3, -0.25) is 4.90 Å². The van der Waals surface area contributed by atoms with Crippen LogP contribution in [0.5, 0.6) is 0 Å². The molecular weight excluding hydrogens is 316 g/mol. The number of hydrogen-bond acceptors (Lipinski definition) is 6. The zero-order chi connectivity index (χ0) is 17.6. The number of benzene rings is 1. The monoisotopic (exact) mass is 344 g/mol. The van der Waals surface area contributed by atoms with Crippen LogP contribution in [0.3, 0.4) is 0 Å². The van der Waals surface area contributed by atoms with Crippen molar-refractivity contribution in [3.05, 3.63) is 47.7 Å². The number of rotatable bonds is 7. The first-order valence-corrected chi connectivity index (χ1v) is 9.03. The molecule has 1 aliphatic heterocycles. The highest BCUT2D eigenvalue weighted by Gasteiger charge is 2.22. The minimum atomic E-state index is -0.402. The first kappa shape index (κ1) is 18.0. The van der Waals surface area contributed by atoms with E-state index in [0.717, 1.165) is 38.0 Å². The number of β-amino-alcohol motifs (C(OH)–C–C–N with tert-alkyl or cyclic N) is 1. The van der Waals surface area contributed by atoms with Gasteiger partial charge in [0.2, 0.25) is 11.8 Å². The Balaban J connectivity index is 1.39. The summed E-state index contributed by atoms with van der Waals surface area (Å²) >= 11 is 0. The molecule has 3 rings (SSSR count). The number of aliphatic hydroxyl groups excluding tert-OH is 1. The second-order valence-electron chi connectivity index (χ2n) is 7.08. The van der Waals surface area contributed by atoms with Crippen molar-refractivity contribution in [3.63, 3.8) is 0 Å². The van der Waals surface area contributed by atoms with Gasteiger partial charge in [0, 0.05) is 20.0 Å². The van der Waals surface area contributed by atoms with Gasteiger partial charge in [0.15, 0.2) is 0 Å². The lowest BCUT2D eigenvalue weighted by Gasteiger charge is -2.34. The maximum atomic E-state index is 10.4. The Morgan fingerprint density at radius 1 is 1.24 bits per heavy atom. The van der Waals surface area contributed by atoms with E-state index in [1.807, 2.05) is 37.3 Å². The van der Waals surface area contributed by atoms with Gasteiger partial charge in [0.25, 0.3) is 0 Å². The summed E-state index contributed by atoms with van der Waals surface area (Å²) in [6.45, 7) is 6.36. The Morgan fingerprint density at radius 2 is 1.96 bits per heavy atom. The summed E-state index contributed by atoms with van der Waals surface area (Å²) in [4.78, 5) is 4.63. The molecule has 25 heavy (non-hydrogen) atoms. The Kier molecular flexibility index (Phi) is 6.18. The number of aliphatic hydroxyl groups is 1. The molecular formula is C19H28N4O2. The third kappa shape index (κ3) is 5.36. The predicted octanol–water partition coefficient (Wildman–Crippen LogP) is 2.26. The zero-order valence-corrected chi connectivity index (χ0v) is 15.1. The average molecular weight is 344 g/mol. The third-order valence-corrected chi connectivity index (χ3v) is 4.87. The average Bonchev–Trinajstić information content (AvgIpc) is 3.02. The summed E-state index contributed by atoms with van der Waals surface area (Å²) in [5, 5.41) is 18.3. The van der Waals surface area contributed by atoms with Gasteiger partial charge >= 0.3 is 0 Å². The highest BCUT2D eigenvalue weighted by molar-refractivity contribution is 5.17. The molecule has 1 aliphatic rings. The molecule has 1 atom stereocenters. The van der Waals surface area contributed by atoms with Gasteiger partial charge in [-0.05, 0) is 44.5 Å². The van der Waals surface area contributed by atoms with E-state index in [1.165, 1.54) is 0 Å². The van der Waals surface area contributed by atoms with Crippen LogP contribution in [0.25, 0.3) is 0 Å². The van der Waals surface area contributed by atoms with Gasteiger partial charge in [0.1, 0.15) is 0 Å². The van der Waals surface area contributed by atoms with E-state index >= 15 is 0 Å². The number of aryl methyl sites for hydroxylation is 1. The Hall–Kier alpha value is -1.76. The standard InChI is InChI=1S/C19H28N4O2/c1-15-20-21-19(25-15)14-22(2)12-16-8-10-23(11-9-16)13-18(24)17-6-4-3-5-7-17/h3-7,16,18,24H,8-14H2,1-2H3. The lowest BCUT2D eigenvalue weighted by molar-refractivity contribution is 0.0818. The third-order valence-electron chi connectivity index (χ3n) is 4.87. The van der Waals surface area contributed by atoms with Crippen molar-refractivity contribution >= 4 is 0 Å². The van der Waals surface area contributed by atoms with Crippen LogP contribution < -0.4 is 0 Å². The maximum Gasteiger partial charge on any atom is 0.230 e. The molecule has 1 aromatic carbocycles. The SMILES string of the molecule is Cc1nnc(CN(C)CC2CCN(CC(O)c3ccccc3)CC2)o1. The normalized spacial score (nSPS) is 17.9. The second-order valence-corrected chi connectivity index (χ2v) is 7.08. The van der Waals surface area contributed by atoms with Crippen molar-refractivity contribution in [1.29, 1.82) is 0 Å². The van der Waals surface area contributed by atoms with Crippen LogP contribution in [0.4, 0.5) is 0 Å². The summed E-state index contributed by atoms with van der Waals surface area (Å²) in [7, 11) is 2.10. The molecule has 0 radical (unpaired) electrons. The number of hydrogen-bond donors (Lipinski definition) is 1. The van der Waals surface area contributed by atoms with E-state index in [-0.39, 0.29) is 0 Å². The maximum absolute atomic E-state index is 10.4. The van der Waals surface area contributed by atoms with Crippen molar-refractivity contribution in [2.24, 2.45) is 5.92 Å². The fourth-order valence-electron chi connectivity index (χ4n) is 3.51. The molecule has 6 heteroatoms. The Bertz CT molecular complexity index is 638. The van der Waals surface area contributed by atoms with E-state index in [9.17, 15) is 5.11 Å². The molecule has 1 unspecified atom stereocenters. The van der Waals surface area contributed by atoms with Gasteiger partial charge in [-0.2, -0.15) is 0 Å². The number of aromatic nitrogens is 2. The summed E-state index contributed by atoms with van der Waals surface area (Å²) < 4.78 is 5.45. The smallest absolute Gasteiger partial charge is 0.230 e. The van der Waals surface area contributed by atoms with Gasteiger partial charge in [-0.1, -0.05) is 30.3 Å². The van der Waals surface area contributed by atoms with Crippen LogP contribution in [0, 0.1) is 12.8 Å². The highest BCUT2D eigenvalue weighted by atomic mass is 16.4. The van der Waals surface area contributed by atoms with Crippen LogP contribution >= 0.6 is 0 Å². The van der Waals surface area contributed by atoms with E-state index < -0.39 is 6.10 Å². The van der Waals surface area contributed by atoms with Crippen molar-refractivity contribution < 1.29 is 9.52 Å². The first-order chi connectivity index (χ1) is 12.1. The molecule has 1 saturated heterocycles. The first-order valence-electron chi connectivity index (χ1n) is 9.03. The molecule has 0 spiro atoms. The molecule has 0 bridgehead atoms. The van der Waals surface area contributed by atoms with E-state index in [4.69, 9.17) is 4.42 Å². The zero-order valence-electron chi connectivity index (χ0n) is 15.1. The van der Waals surface area contributed by atoms with Crippen LogP contribution in [-0.2, 0) is 6.54 Å². The molecule has 2 aromatic rings. The Morgan fingerprint density at radius 3 is 2.60 bits per heavy atom. The number of likely N-dealkylation sites (tertiary alicyclic amines) is 1. The van der Waals surface area contributed by atoms with Crippen LogP contribution in [0.2, 0.25) is 0 Å². The lowest BCUT2D eigenvalue weighted by atomic mass is 9.95. The summed E-state index contributed by atoms with van der Waals surface area (Å²) in [5.74, 6) is 1.98. The van der Waals surface area contributed by atoms with Crippen LogP contribution in [0.15, 0.2) is 34.7 Å². The molecule has 2 heterocycles. The van der Waals surface area contributed by atoms with Crippen LogP contribution in [0.1, 0.15) is 36.3 Å². The van der Waals surface area contributed by atoms with Crippen molar-refractivity contribution in [3.8, 4) is 0 Å². The quantitative estimate of drug-likeness (QED) is 0.831. The lowest BCUT2D eigenvalue weighted by Crippen LogP contribution is -2.39. The minimum Gasteiger partial charge on any atom is -0.424 e. The largest absolute Gasteiger partial charge is 0.424 e. The molecule has 0 saturated carbocycles. The highest BCUT2D eigenvalue weighted by Crippen LogP contribution is 2.21. The van der Waals surface area contributed by atoms with Crippen LogP contribution in [-0.4, -0.2) is 58.3 Å². The molecule has 1 aromatic heterocycles. The van der Waals surface area contributed by atoms with Gasteiger partial charge in [0.05, 0.1) is 12.6 Å². The van der Waals surface area contributed by atoms with Crippen molar-refractivity contribution in [1.82, 2.24) is 20.0 Å². The van der Waals surface area contributed by atoms with Crippen molar-refractivity contribution in [2.75, 3.05) is 33.2 Å². The van der Waals surface area contributed by atoms with E-state index in [2.05, 4.69) is 27.0 Å². The number of piperidine rings is 1. The van der Waals surface area contributed by atoms with Gasteiger partial charge < -0.3 is 14.4 Å². The van der Waals surface area contributed by atoms with Crippen molar-refractivity contribution in [2.45, 2.75) is 32.4 Å². The molecule has 0 amide bonds. The fourth-order valence-corrected chi connectivity index (χ4v) is 3.51. The fraction of sp³-hybridized carbons (Fsp3) is 0.579. The molecule has 0 aliphatic carbocycles. The topological polar surface area (TPSA) is 65.6 Å². The summed E-state index contributed by atoms with van der Waals surface area (Å²) in [6, 6.07) is 9.92. The summed E-state index contributed by atoms with van der Waals surface area (Å²) in [6.07, 6.45) is 1.92. The molecule has 1 fully saturated rings.